The van der Waals surface area contributed by atoms with Gasteiger partial charge in [0, 0.05) is 30.8 Å². The van der Waals surface area contributed by atoms with Gasteiger partial charge in [-0.2, -0.15) is 15.3 Å². The monoisotopic (exact) mass is 466 g/mol. The molecular formula is C25H22N8O2. The van der Waals surface area contributed by atoms with Crippen LogP contribution in [0.5, 0.6) is 11.5 Å². The lowest BCUT2D eigenvalue weighted by Crippen LogP contribution is -1.99. The smallest absolute Gasteiger partial charge is 0.168 e. The second-order valence-corrected chi connectivity index (χ2v) is 8.04. The maximum atomic E-state index is 5.84. The summed E-state index contributed by atoms with van der Waals surface area (Å²) in [4.78, 5) is 8.75. The van der Waals surface area contributed by atoms with Crippen LogP contribution in [0, 0.1) is 0 Å². The average Bonchev–Trinajstić information content (AvgIpc) is 3.40. The van der Waals surface area contributed by atoms with Gasteiger partial charge in [0.2, 0.25) is 0 Å². The van der Waals surface area contributed by atoms with E-state index in [4.69, 9.17) is 9.47 Å². The molecule has 1 aliphatic rings. The molecule has 35 heavy (non-hydrogen) atoms. The molecule has 0 aliphatic carbocycles. The lowest BCUT2D eigenvalue weighted by molar-refractivity contribution is 0.297. The number of hydrazone groups is 1. The lowest BCUT2D eigenvalue weighted by atomic mass is 10.1. The van der Waals surface area contributed by atoms with E-state index in [1.807, 2.05) is 61.8 Å². The molecule has 0 saturated carbocycles. The van der Waals surface area contributed by atoms with Crippen molar-refractivity contribution in [1.82, 2.24) is 29.5 Å². The fourth-order valence-corrected chi connectivity index (χ4v) is 3.99. The van der Waals surface area contributed by atoms with Crippen LogP contribution in [0.4, 0.5) is 5.82 Å². The highest BCUT2D eigenvalue weighted by atomic mass is 16.5. The first-order valence-corrected chi connectivity index (χ1v) is 11.2. The predicted molar refractivity (Wildman–Crippen MR) is 132 cm³/mol. The maximum absolute atomic E-state index is 5.84. The minimum absolute atomic E-state index is 0.564. The molecular weight excluding hydrogens is 444 g/mol. The fraction of sp³-hybridized carbons (Fsp3) is 0.160. The number of hydrogen-bond donors (Lipinski definition) is 1. The Morgan fingerprint density at radius 3 is 2.77 bits per heavy atom. The Morgan fingerprint density at radius 2 is 1.89 bits per heavy atom. The van der Waals surface area contributed by atoms with Gasteiger partial charge in [-0.3, -0.25) is 10.1 Å². The molecule has 0 unspecified atom stereocenters. The average molecular weight is 467 g/mol. The largest absolute Gasteiger partial charge is 0.490 e. The topological polar surface area (TPSA) is 104 Å². The molecule has 1 aliphatic heterocycles. The molecule has 0 fully saturated rings. The molecule has 0 saturated heterocycles. The Hall–Kier alpha value is -4.73. The summed E-state index contributed by atoms with van der Waals surface area (Å²) in [7, 11) is 1.88. The number of aryl methyl sites for hydroxylation is 1. The third-order valence-electron chi connectivity index (χ3n) is 5.62. The van der Waals surface area contributed by atoms with Crippen LogP contribution in [0.1, 0.15) is 12.0 Å². The minimum atomic E-state index is 0.564. The van der Waals surface area contributed by atoms with E-state index in [1.54, 1.807) is 21.8 Å². The van der Waals surface area contributed by atoms with E-state index in [1.165, 1.54) is 6.33 Å². The van der Waals surface area contributed by atoms with E-state index in [0.29, 0.717) is 24.7 Å². The van der Waals surface area contributed by atoms with Crippen molar-refractivity contribution in [2.45, 2.75) is 6.42 Å². The Labute approximate surface area is 200 Å². The molecule has 0 radical (unpaired) electrons. The molecule has 0 amide bonds. The number of nitrogens with zero attached hydrogens (tertiary/aromatic N) is 7. The lowest BCUT2D eigenvalue weighted by Gasteiger charge is -2.08. The zero-order chi connectivity index (χ0) is 23.6. The van der Waals surface area contributed by atoms with Crippen LogP contribution in [0.2, 0.25) is 0 Å². The van der Waals surface area contributed by atoms with Crippen molar-refractivity contribution in [3.8, 4) is 28.4 Å². The van der Waals surface area contributed by atoms with Gasteiger partial charge in [0.05, 0.1) is 36.7 Å². The van der Waals surface area contributed by atoms with Crippen molar-refractivity contribution < 1.29 is 9.47 Å². The molecule has 4 heterocycles. The number of aromatic nitrogens is 6. The number of anilines is 1. The van der Waals surface area contributed by atoms with Gasteiger partial charge in [-0.1, -0.05) is 18.2 Å². The van der Waals surface area contributed by atoms with Crippen molar-refractivity contribution in [3.05, 3.63) is 72.8 Å². The van der Waals surface area contributed by atoms with Gasteiger partial charge in [0.15, 0.2) is 23.0 Å². The first-order valence-electron chi connectivity index (χ1n) is 11.2. The van der Waals surface area contributed by atoms with Crippen LogP contribution in [-0.4, -0.2) is 49.0 Å². The van der Waals surface area contributed by atoms with Crippen LogP contribution < -0.4 is 14.9 Å². The zero-order valence-corrected chi connectivity index (χ0v) is 19.0. The highest BCUT2D eigenvalue weighted by Crippen LogP contribution is 2.34. The highest BCUT2D eigenvalue weighted by molar-refractivity contribution is 5.91. The van der Waals surface area contributed by atoms with E-state index in [9.17, 15) is 0 Å². The van der Waals surface area contributed by atoms with Crippen molar-refractivity contribution in [2.24, 2.45) is 12.1 Å². The summed E-state index contributed by atoms with van der Waals surface area (Å²) in [6.07, 6.45) is 7.72. The van der Waals surface area contributed by atoms with E-state index >= 15 is 0 Å². The molecule has 2 aromatic carbocycles. The van der Waals surface area contributed by atoms with Gasteiger partial charge >= 0.3 is 0 Å². The van der Waals surface area contributed by atoms with E-state index in [2.05, 4.69) is 30.7 Å². The van der Waals surface area contributed by atoms with Crippen molar-refractivity contribution in [3.63, 3.8) is 0 Å². The Kier molecular flexibility index (Phi) is 5.30. The third kappa shape index (κ3) is 4.05. The first-order chi connectivity index (χ1) is 17.3. The number of nitrogens with one attached hydrogen (secondary N) is 1. The molecule has 10 nitrogen and oxygen atoms in total. The van der Waals surface area contributed by atoms with Crippen LogP contribution >= 0.6 is 0 Å². The summed E-state index contributed by atoms with van der Waals surface area (Å²) in [5.74, 6) is 2.04. The van der Waals surface area contributed by atoms with Crippen LogP contribution in [0.15, 0.2) is 72.4 Å². The number of hydrogen-bond acceptors (Lipinski definition) is 8. The van der Waals surface area contributed by atoms with E-state index in [-0.39, 0.29) is 0 Å². The van der Waals surface area contributed by atoms with Crippen molar-refractivity contribution >= 4 is 23.1 Å². The van der Waals surface area contributed by atoms with Gasteiger partial charge in [-0.05, 0) is 30.3 Å². The molecule has 0 bridgehead atoms. The molecule has 0 atom stereocenters. The van der Waals surface area contributed by atoms with Crippen LogP contribution in [0.3, 0.4) is 0 Å². The molecule has 10 heteroatoms. The summed E-state index contributed by atoms with van der Waals surface area (Å²) < 4.78 is 15.1. The number of benzene rings is 2. The van der Waals surface area contributed by atoms with Crippen LogP contribution in [0.25, 0.3) is 28.0 Å². The van der Waals surface area contributed by atoms with Crippen molar-refractivity contribution in [1.29, 1.82) is 0 Å². The minimum Gasteiger partial charge on any atom is -0.490 e. The SMILES string of the molecule is Cn1cc(/C=N/Nc2ncnc3c2cnn3-c2ccccc2)c(-c2ccc3c(c2)OCCCO3)n1. The fourth-order valence-electron chi connectivity index (χ4n) is 3.99. The maximum Gasteiger partial charge on any atom is 0.168 e. The summed E-state index contributed by atoms with van der Waals surface area (Å²) in [6, 6.07) is 15.7. The van der Waals surface area contributed by atoms with Crippen molar-refractivity contribution in [2.75, 3.05) is 18.6 Å². The molecule has 3 aromatic heterocycles. The number of rotatable bonds is 5. The highest BCUT2D eigenvalue weighted by Gasteiger charge is 2.15. The summed E-state index contributed by atoms with van der Waals surface area (Å²) >= 11 is 0. The summed E-state index contributed by atoms with van der Waals surface area (Å²) in [5, 5.41) is 14.3. The second-order valence-electron chi connectivity index (χ2n) is 8.04. The second kappa shape index (κ2) is 8.90. The third-order valence-corrected chi connectivity index (χ3v) is 5.62. The van der Waals surface area contributed by atoms with Gasteiger partial charge in [-0.25, -0.2) is 14.6 Å². The zero-order valence-electron chi connectivity index (χ0n) is 19.0. The van der Waals surface area contributed by atoms with E-state index in [0.717, 1.165) is 45.8 Å². The Bertz CT molecular complexity index is 1520. The molecule has 5 aromatic rings. The van der Waals surface area contributed by atoms with Gasteiger partial charge in [-0.15, -0.1) is 0 Å². The summed E-state index contributed by atoms with van der Waals surface area (Å²) in [6.45, 7) is 1.28. The number of fused-ring (bicyclic) bond motifs is 2. The Balaban J connectivity index is 1.28. The molecule has 0 spiro atoms. The normalized spacial score (nSPS) is 13.3. The number of ether oxygens (including phenoxy) is 2. The standard InChI is InChI=1S/C25H22N8O2/c1-32-15-18(23(31-32)17-8-9-21-22(12-17)35-11-5-10-34-21)13-28-30-24-20-14-29-33(25(20)27-16-26-24)19-6-3-2-4-7-19/h2-4,6-9,12-16H,5,10-11H2,1H3,(H,26,27,30)/b28-13+. The van der Waals surface area contributed by atoms with Crippen LogP contribution in [-0.2, 0) is 7.05 Å². The number of para-hydroxylation sites is 1. The predicted octanol–water partition coefficient (Wildman–Crippen LogP) is 3.82. The molecule has 6 rings (SSSR count). The summed E-state index contributed by atoms with van der Waals surface area (Å²) in [5.41, 5.74) is 7.20. The van der Waals surface area contributed by atoms with Gasteiger partial charge in [0.25, 0.3) is 0 Å². The van der Waals surface area contributed by atoms with E-state index < -0.39 is 0 Å². The molecule has 1 N–H and O–H groups in total. The van der Waals surface area contributed by atoms with Gasteiger partial charge < -0.3 is 9.47 Å². The first kappa shape index (κ1) is 20.8. The molecule has 174 valence electrons. The quantitative estimate of drug-likeness (QED) is 0.310. The Morgan fingerprint density at radius 1 is 1.03 bits per heavy atom. The van der Waals surface area contributed by atoms with Gasteiger partial charge in [0.1, 0.15) is 12.0 Å².